The maximum atomic E-state index is 12.4. The maximum Gasteiger partial charge on any atom is 0.251 e. The van der Waals surface area contributed by atoms with Gasteiger partial charge in [0.15, 0.2) is 0 Å². The Balaban J connectivity index is 1.68. The van der Waals surface area contributed by atoms with E-state index < -0.39 is 0 Å². The Bertz CT molecular complexity index is 907. The summed E-state index contributed by atoms with van der Waals surface area (Å²) in [6.07, 6.45) is 0.389. The molecule has 2 N–H and O–H groups in total. The van der Waals surface area contributed by atoms with Crippen molar-refractivity contribution >= 4 is 35.0 Å². The van der Waals surface area contributed by atoms with E-state index in [0.717, 1.165) is 10.5 Å². The van der Waals surface area contributed by atoms with Gasteiger partial charge in [-0.2, -0.15) is 0 Å². The number of benzene rings is 2. The van der Waals surface area contributed by atoms with Gasteiger partial charge in [-0.25, -0.2) is 0 Å². The Morgan fingerprint density at radius 1 is 1.00 bits per heavy atom. The standard InChI is InChI=1S/C20H19N3O4/c1-13(24)22-16-6-2-4-14(10-16)12-21-20(27)15-5-3-7-17(11-15)23-18(25)8-9-19(23)26/h2-7,10-11H,8-9,12H2,1H3,(H,21,27)(H,22,24). The molecular weight excluding hydrogens is 346 g/mol. The Morgan fingerprint density at radius 2 is 1.70 bits per heavy atom. The van der Waals surface area contributed by atoms with Crippen molar-refractivity contribution in [3.63, 3.8) is 0 Å². The fourth-order valence-electron chi connectivity index (χ4n) is 2.90. The van der Waals surface area contributed by atoms with E-state index in [-0.39, 0.29) is 43.0 Å². The first-order valence-corrected chi connectivity index (χ1v) is 8.54. The third-order valence-electron chi connectivity index (χ3n) is 4.12. The Morgan fingerprint density at radius 3 is 2.41 bits per heavy atom. The van der Waals surface area contributed by atoms with Gasteiger partial charge in [-0.15, -0.1) is 0 Å². The van der Waals surface area contributed by atoms with E-state index in [1.54, 1.807) is 36.4 Å². The van der Waals surface area contributed by atoms with Crippen LogP contribution in [0.15, 0.2) is 48.5 Å². The van der Waals surface area contributed by atoms with Crippen molar-refractivity contribution in [2.24, 2.45) is 0 Å². The highest BCUT2D eigenvalue weighted by Crippen LogP contribution is 2.23. The summed E-state index contributed by atoms with van der Waals surface area (Å²) >= 11 is 0. The SMILES string of the molecule is CC(=O)Nc1cccc(CNC(=O)c2cccc(N3C(=O)CCC3=O)c2)c1. The third-order valence-corrected chi connectivity index (χ3v) is 4.12. The molecule has 0 atom stereocenters. The number of imide groups is 1. The molecule has 2 aromatic rings. The van der Waals surface area contributed by atoms with Crippen molar-refractivity contribution in [1.29, 1.82) is 0 Å². The maximum absolute atomic E-state index is 12.4. The molecule has 1 saturated heterocycles. The summed E-state index contributed by atoms with van der Waals surface area (Å²) in [5.41, 5.74) is 2.25. The van der Waals surface area contributed by atoms with Crippen molar-refractivity contribution in [2.75, 3.05) is 10.2 Å². The molecule has 0 radical (unpaired) electrons. The van der Waals surface area contributed by atoms with E-state index in [1.165, 1.54) is 13.0 Å². The van der Waals surface area contributed by atoms with Crippen LogP contribution in [0.5, 0.6) is 0 Å². The summed E-state index contributed by atoms with van der Waals surface area (Å²) in [5.74, 6) is -1.00. The van der Waals surface area contributed by atoms with Crippen LogP contribution in [0.2, 0.25) is 0 Å². The van der Waals surface area contributed by atoms with Crippen LogP contribution in [-0.4, -0.2) is 23.6 Å². The number of nitrogens with zero attached hydrogens (tertiary/aromatic N) is 1. The summed E-state index contributed by atoms with van der Waals surface area (Å²) in [7, 11) is 0. The zero-order valence-electron chi connectivity index (χ0n) is 14.8. The molecule has 0 aliphatic carbocycles. The van der Waals surface area contributed by atoms with Crippen molar-refractivity contribution in [2.45, 2.75) is 26.3 Å². The predicted octanol–water partition coefficient (Wildman–Crippen LogP) is 2.23. The highest BCUT2D eigenvalue weighted by atomic mass is 16.2. The van der Waals surface area contributed by atoms with E-state index in [9.17, 15) is 19.2 Å². The molecule has 0 aromatic heterocycles. The quantitative estimate of drug-likeness (QED) is 0.794. The molecule has 0 bridgehead atoms. The van der Waals surface area contributed by atoms with Gasteiger partial charge in [0.1, 0.15) is 0 Å². The number of nitrogens with one attached hydrogen (secondary N) is 2. The zero-order valence-corrected chi connectivity index (χ0v) is 14.8. The van der Waals surface area contributed by atoms with Gasteiger partial charge < -0.3 is 10.6 Å². The van der Waals surface area contributed by atoms with E-state index in [2.05, 4.69) is 10.6 Å². The van der Waals surface area contributed by atoms with E-state index >= 15 is 0 Å². The fourth-order valence-corrected chi connectivity index (χ4v) is 2.90. The van der Waals surface area contributed by atoms with Gasteiger partial charge in [-0.3, -0.25) is 24.1 Å². The Kier molecular flexibility index (Phi) is 5.30. The van der Waals surface area contributed by atoms with Crippen LogP contribution < -0.4 is 15.5 Å². The fraction of sp³-hybridized carbons (Fsp3) is 0.200. The van der Waals surface area contributed by atoms with Gasteiger partial charge in [0.05, 0.1) is 5.69 Å². The summed E-state index contributed by atoms with van der Waals surface area (Å²) in [4.78, 5) is 48.4. The number of carbonyl (C=O) groups is 4. The molecule has 0 spiro atoms. The first kappa shape index (κ1) is 18.3. The lowest BCUT2D eigenvalue weighted by Crippen LogP contribution is -2.29. The number of anilines is 2. The van der Waals surface area contributed by atoms with Gasteiger partial charge in [0.2, 0.25) is 17.7 Å². The molecule has 138 valence electrons. The molecule has 2 aromatic carbocycles. The molecule has 1 fully saturated rings. The third kappa shape index (κ3) is 4.38. The second kappa shape index (κ2) is 7.82. The van der Waals surface area contributed by atoms with E-state index in [4.69, 9.17) is 0 Å². The minimum atomic E-state index is -0.319. The average Bonchev–Trinajstić information content (AvgIpc) is 2.98. The molecular formula is C20H19N3O4. The summed E-state index contributed by atoms with van der Waals surface area (Å²) < 4.78 is 0. The topological polar surface area (TPSA) is 95.6 Å². The molecule has 7 heteroatoms. The van der Waals surface area contributed by atoms with E-state index in [1.807, 2.05) is 6.07 Å². The Labute approximate surface area is 156 Å². The largest absolute Gasteiger partial charge is 0.348 e. The summed E-state index contributed by atoms with van der Waals surface area (Å²) in [6, 6.07) is 13.6. The van der Waals surface area contributed by atoms with Crippen LogP contribution in [0.3, 0.4) is 0 Å². The van der Waals surface area contributed by atoms with Crippen LogP contribution >= 0.6 is 0 Å². The minimum Gasteiger partial charge on any atom is -0.348 e. The normalized spacial score (nSPS) is 13.6. The number of amides is 4. The first-order valence-electron chi connectivity index (χ1n) is 8.54. The monoisotopic (exact) mass is 365 g/mol. The summed E-state index contributed by atoms with van der Waals surface area (Å²) in [6.45, 7) is 1.70. The van der Waals surface area contributed by atoms with Crippen molar-refractivity contribution in [3.8, 4) is 0 Å². The first-order chi connectivity index (χ1) is 12.9. The molecule has 1 aliphatic heterocycles. The smallest absolute Gasteiger partial charge is 0.251 e. The van der Waals surface area contributed by atoms with Gasteiger partial charge in [-0.1, -0.05) is 18.2 Å². The second-order valence-corrected chi connectivity index (χ2v) is 6.24. The molecule has 1 aliphatic rings. The molecule has 0 unspecified atom stereocenters. The van der Waals surface area contributed by atoms with Crippen molar-refractivity contribution in [3.05, 3.63) is 59.7 Å². The molecule has 1 heterocycles. The van der Waals surface area contributed by atoms with Crippen LogP contribution in [0.1, 0.15) is 35.7 Å². The molecule has 0 saturated carbocycles. The molecule has 7 nitrogen and oxygen atoms in total. The molecule has 3 rings (SSSR count). The lowest BCUT2D eigenvalue weighted by Gasteiger charge is -2.15. The van der Waals surface area contributed by atoms with Crippen LogP contribution in [-0.2, 0) is 20.9 Å². The average molecular weight is 365 g/mol. The molecule has 27 heavy (non-hydrogen) atoms. The van der Waals surface area contributed by atoms with Gasteiger partial charge >= 0.3 is 0 Å². The highest BCUT2D eigenvalue weighted by Gasteiger charge is 2.30. The zero-order chi connectivity index (χ0) is 19.4. The van der Waals surface area contributed by atoms with Gasteiger partial charge in [0.25, 0.3) is 5.91 Å². The second-order valence-electron chi connectivity index (χ2n) is 6.24. The predicted molar refractivity (Wildman–Crippen MR) is 100 cm³/mol. The van der Waals surface area contributed by atoms with Crippen LogP contribution in [0.25, 0.3) is 0 Å². The molecule has 4 amide bonds. The highest BCUT2D eigenvalue weighted by molar-refractivity contribution is 6.20. The lowest BCUT2D eigenvalue weighted by atomic mass is 10.1. The van der Waals surface area contributed by atoms with Gasteiger partial charge in [-0.05, 0) is 35.9 Å². The number of carbonyl (C=O) groups excluding carboxylic acids is 4. The van der Waals surface area contributed by atoms with Crippen molar-refractivity contribution in [1.82, 2.24) is 5.32 Å². The van der Waals surface area contributed by atoms with Crippen molar-refractivity contribution < 1.29 is 19.2 Å². The van der Waals surface area contributed by atoms with E-state index in [0.29, 0.717) is 16.9 Å². The summed E-state index contributed by atoms with van der Waals surface area (Å²) in [5, 5.41) is 5.49. The van der Waals surface area contributed by atoms with Crippen LogP contribution in [0.4, 0.5) is 11.4 Å². The van der Waals surface area contributed by atoms with Crippen LogP contribution in [0, 0.1) is 0 Å². The lowest BCUT2D eigenvalue weighted by molar-refractivity contribution is -0.121. The number of hydrogen-bond donors (Lipinski definition) is 2. The number of hydrogen-bond acceptors (Lipinski definition) is 4. The van der Waals surface area contributed by atoms with Gasteiger partial charge in [0, 0.05) is 37.6 Å². The number of rotatable bonds is 5. The Hall–Kier alpha value is -3.48. The minimum absolute atomic E-state index is 0.168.